The Hall–Kier alpha value is -2.93. The number of alkyl halides is 3. The molecular formula is C20H26F3N3O7. The average Bonchev–Trinajstić information content (AvgIpc) is 3.20. The molecule has 3 rings (SSSR count). The van der Waals surface area contributed by atoms with Crippen molar-refractivity contribution in [3.63, 3.8) is 0 Å². The van der Waals surface area contributed by atoms with Crippen LogP contribution in [0.25, 0.3) is 0 Å². The van der Waals surface area contributed by atoms with Crippen molar-refractivity contribution in [2.75, 3.05) is 33.4 Å². The highest BCUT2D eigenvalue weighted by molar-refractivity contribution is 5.92. The molecule has 1 aromatic rings. The van der Waals surface area contributed by atoms with Gasteiger partial charge < -0.3 is 29.5 Å². The standard InChI is InChI=1S/C19H24F3N3O5.CH2O2/c1-24(16(27)14-4-2-3-7-23-14)13-10-18(29-12-13)5-8-25(9-6-18)17(28)30-15(11-26)19(20,21)22;2-1-3/h2-4,7,13,15,26H,5-6,8-12H2,1H3;1H,(H,2,3)/t13-,15-;/m1./s1. The van der Waals surface area contributed by atoms with Gasteiger partial charge in [-0.05, 0) is 31.4 Å². The molecule has 1 aromatic heterocycles. The molecule has 0 radical (unpaired) electrons. The lowest BCUT2D eigenvalue weighted by atomic mass is 9.87. The topological polar surface area (TPSA) is 130 Å². The predicted molar refractivity (Wildman–Crippen MR) is 106 cm³/mol. The number of ether oxygens (including phenoxy) is 2. The van der Waals surface area contributed by atoms with E-state index in [9.17, 15) is 22.8 Å². The van der Waals surface area contributed by atoms with Gasteiger partial charge >= 0.3 is 12.3 Å². The molecule has 3 heterocycles. The lowest BCUT2D eigenvalue weighted by Crippen LogP contribution is -2.49. The van der Waals surface area contributed by atoms with Gasteiger partial charge in [-0.15, -0.1) is 0 Å². The van der Waals surface area contributed by atoms with Crippen molar-refractivity contribution in [2.45, 2.75) is 43.2 Å². The SMILES string of the molecule is CN(C(=O)c1ccccn1)[C@H]1COC2(CCN(C(=O)O[C@H](CO)C(F)(F)F)CC2)C1.O=CO. The smallest absolute Gasteiger partial charge is 0.427 e. The van der Waals surface area contributed by atoms with Gasteiger partial charge in [0.05, 0.1) is 24.9 Å². The summed E-state index contributed by atoms with van der Waals surface area (Å²) >= 11 is 0. The van der Waals surface area contributed by atoms with E-state index >= 15 is 0 Å². The number of hydrogen-bond donors (Lipinski definition) is 2. The third kappa shape index (κ3) is 6.78. The molecule has 184 valence electrons. The number of likely N-dealkylation sites (tertiary alicyclic amines) is 1. The number of carbonyl (C=O) groups is 3. The van der Waals surface area contributed by atoms with Gasteiger partial charge in [0.1, 0.15) is 5.69 Å². The first-order valence-corrected chi connectivity index (χ1v) is 10.1. The van der Waals surface area contributed by atoms with E-state index in [2.05, 4.69) is 9.72 Å². The summed E-state index contributed by atoms with van der Waals surface area (Å²) in [6.45, 7) is -0.909. The van der Waals surface area contributed by atoms with Crippen LogP contribution in [0.5, 0.6) is 0 Å². The molecule has 2 amide bonds. The molecule has 2 atom stereocenters. The number of likely N-dealkylation sites (N-methyl/N-ethyl adjacent to an activating group) is 1. The van der Waals surface area contributed by atoms with Crippen LogP contribution in [0.1, 0.15) is 29.8 Å². The Morgan fingerprint density at radius 1 is 1.39 bits per heavy atom. The minimum Gasteiger partial charge on any atom is -0.483 e. The van der Waals surface area contributed by atoms with Crippen LogP contribution in [0, 0.1) is 0 Å². The van der Waals surface area contributed by atoms with Crippen molar-refractivity contribution in [1.29, 1.82) is 0 Å². The second-order valence-electron chi connectivity index (χ2n) is 7.67. The van der Waals surface area contributed by atoms with E-state index in [1.165, 1.54) is 4.90 Å². The van der Waals surface area contributed by atoms with Crippen LogP contribution >= 0.6 is 0 Å². The summed E-state index contributed by atoms with van der Waals surface area (Å²) in [5.74, 6) is -0.218. The van der Waals surface area contributed by atoms with E-state index in [1.54, 1.807) is 36.3 Å². The van der Waals surface area contributed by atoms with Crippen LogP contribution in [-0.2, 0) is 14.3 Å². The minimum absolute atomic E-state index is 0.165. The first-order chi connectivity index (χ1) is 15.6. The van der Waals surface area contributed by atoms with Crippen molar-refractivity contribution in [1.82, 2.24) is 14.8 Å². The molecule has 2 aliphatic rings. The van der Waals surface area contributed by atoms with Gasteiger partial charge in [0.25, 0.3) is 12.4 Å². The summed E-state index contributed by atoms with van der Waals surface area (Å²) in [5, 5.41) is 15.7. The second-order valence-corrected chi connectivity index (χ2v) is 7.67. The third-order valence-corrected chi connectivity index (χ3v) is 5.65. The fourth-order valence-electron chi connectivity index (χ4n) is 3.75. The first-order valence-electron chi connectivity index (χ1n) is 10.1. The van der Waals surface area contributed by atoms with Gasteiger partial charge in [-0.1, -0.05) is 6.07 Å². The number of piperidine rings is 1. The highest BCUT2D eigenvalue weighted by Crippen LogP contribution is 2.38. The van der Waals surface area contributed by atoms with E-state index in [4.69, 9.17) is 19.7 Å². The Labute approximate surface area is 187 Å². The summed E-state index contributed by atoms with van der Waals surface area (Å²) in [6.07, 6.45) is -5.54. The Morgan fingerprint density at radius 3 is 2.55 bits per heavy atom. The number of halogens is 3. The molecular weight excluding hydrogens is 451 g/mol. The molecule has 2 fully saturated rings. The third-order valence-electron chi connectivity index (χ3n) is 5.65. The Balaban J connectivity index is 0.00000122. The fourth-order valence-corrected chi connectivity index (χ4v) is 3.75. The maximum absolute atomic E-state index is 12.7. The van der Waals surface area contributed by atoms with Crippen molar-refractivity contribution in [3.05, 3.63) is 30.1 Å². The van der Waals surface area contributed by atoms with Crippen molar-refractivity contribution < 1.29 is 47.2 Å². The zero-order valence-corrected chi connectivity index (χ0v) is 17.9. The normalized spacial score (nSPS) is 20.4. The molecule has 2 saturated heterocycles. The lowest BCUT2D eigenvalue weighted by molar-refractivity contribution is -0.215. The number of hydrogen-bond acceptors (Lipinski definition) is 7. The number of carbonyl (C=O) groups excluding carboxylic acids is 2. The van der Waals surface area contributed by atoms with Gasteiger partial charge in [0.2, 0.25) is 6.10 Å². The van der Waals surface area contributed by atoms with Gasteiger partial charge in [-0.25, -0.2) is 4.79 Å². The zero-order chi connectivity index (χ0) is 24.6. The number of nitrogens with zero attached hydrogens (tertiary/aromatic N) is 3. The van der Waals surface area contributed by atoms with Crippen LogP contribution in [0.4, 0.5) is 18.0 Å². The molecule has 0 aliphatic carbocycles. The number of pyridine rings is 1. The Bertz CT molecular complexity index is 802. The lowest BCUT2D eigenvalue weighted by Gasteiger charge is -2.38. The van der Waals surface area contributed by atoms with E-state index in [0.717, 1.165) is 0 Å². The number of aromatic nitrogens is 1. The molecule has 0 aromatic carbocycles. The van der Waals surface area contributed by atoms with Crippen molar-refractivity contribution in [2.24, 2.45) is 0 Å². The van der Waals surface area contributed by atoms with E-state index in [-0.39, 0.29) is 31.5 Å². The van der Waals surface area contributed by atoms with E-state index in [0.29, 0.717) is 31.6 Å². The van der Waals surface area contributed by atoms with Crippen LogP contribution in [0.3, 0.4) is 0 Å². The molecule has 2 N–H and O–H groups in total. The second kappa shape index (κ2) is 11.3. The van der Waals surface area contributed by atoms with Gasteiger partial charge in [-0.3, -0.25) is 14.6 Å². The number of aliphatic hydroxyl groups is 1. The highest BCUT2D eigenvalue weighted by Gasteiger charge is 2.47. The van der Waals surface area contributed by atoms with Crippen molar-refractivity contribution in [3.8, 4) is 0 Å². The molecule has 2 aliphatic heterocycles. The Morgan fingerprint density at radius 2 is 2.03 bits per heavy atom. The van der Waals surface area contributed by atoms with Crippen LogP contribution < -0.4 is 0 Å². The van der Waals surface area contributed by atoms with E-state index in [1.807, 2.05) is 0 Å². The minimum atomic E-state index is -4.83. The zero-order valence-electron chi connectivity index (χ0n) is 17.9. The van der Waals surface area contributed by atoms with Gasteiger partial charge in [0, 0.05) is 26.3 Å². The molecule has 0 unspecified atom stereocenters. The average molecular weight is 477 g/mol. The largest absolute Gasteiger partial charge is 0.483 e. The van der Waals surface area contributed by atoms with E-state index < -0.39 is 30.6 Å². The van der Waals surface area contributed by atoms with Crippen molar-refractivity contribution >= 4 is 18.5 Å². The number of amides is 2. The van der Waals surface area contributed by atoms with Crippen LogP contribution in [0.15, 0.2) is 24.4 Å². The predicted octanol–water partition coefficient (Wildman–Crippen LogP) is 1.54. The highest BCUT2D eigenvalue weighted by atomic mass is 19.4. The molecule has 1 spiro atoms. The number of carboxylic acid groups (broad SMARTS) is 1. The first kappa shape index (κ1) is 26.3. The molecule has 13 heteroatoms. The summed E-state index contributed by atoms with van der Waals surface area (Å²) in [5.41, 5.74) is -0.206. The maximum atomic E-state index is 12.7. The Kier molecular flexibility index (Phi) is 8.99. The van der Waals surface area contributed by atoms with Gasteiger partial charge in [0.15, 0.2) is 0 Å². The summed E-state index contributed by atoms with van der Waals surface area (Å²) in [6, 6.07) is 4.92. The monoisotopic (exact) mass is 477 g/mol. The number of aliphatic hydroxyl groups excluding tert-OH is 1. The molecule has 10 nitrogen and oxygen atoms in total. The fraction of sp³-hybridized carbons (Fsp3) is 0.600. The molecule has 33 heavy (non-hydrogen) atoms. The molecule has 0 bridgehead atoms. The number of rotatable bonds is 4. The quantitative estimate of drug-likeness (QED) is 0.625. The van der Waals surface area contributed by atoms with Gasteiger partial charge in [-0.2, -0.15) is 13.2 Å². The van der Waals surface area contributed by atoms with Crippen LogP contribution in [-0.4, -0.2) is 101 Å². The summed E-state index contributed by atoms with van der Waals surface area (Å²) in [4.78, 5) is 39.8. The molecule has 0 saturated carbocycles. The summed E-state index contributed by atoms with van der Waals surface area (Å²) in [7, 11) is 1.68. The maximum Gasteiger partial charge on any atom is 0.427 e. The summed E-state index contributed by atoms with van der Waals surface area (Å²) < 4.78 is 48.4. The van der Waals surface area contributed by atoms with Crippen LogP contribution in [0.2, 0.25) is 0 Å².